The number of thiophene rings is 1. The third-order valence-electron chi connectivity index (χ3n) is 5.33. The summed E-state index contributed by atoms with van der Waals surface area (Å²) in [4.78, 5) is 16.7. The summed E-state index contributed by atoms with van der Waals surface area (Å²) in [6, 6.07) is 19.9. The van der Waals surface area contributed by atoms with Crippen LogP contribution in [0.4, 0.5) is 0 Å². The molecule has 0 saturated heterocycles. The fourth-order valence-corrected chi connectivity index (χ4v) is 4.73. The van der Waals surface area contributed by atoms with Crippen LogP contribution in [0.1, 0.15) is 27.0 Å². The zero-order valence-electron chi connectivity index (χ0n) is 18.1. The maximum Gasteiger partial charge on any atom is 0.261 e. The van der Waals surface area contributed by atoms with E-state index in [1.165, 1.54) is 11.3 Å². The van der Waals surface area contributed by atoms with Crippen LogP contribution in [0.3, 0.4) is 0 Å². The number of likely N-dealkylation sites (N-methyl/N-ethyl adjacent to an activating group) is 1. The molecule has 6 nitrogen and oxygen atoms in total. The first-order valence-electron chi connectivity index (χ1n) is 10.1. The summed E-state index contributed by atoms with van der Waals surface area (Å²) in [6.07, 6.45) is 0. The summed E-state index contributed by atoms with van der Waals surface area (Å²) in [5, 5.41) is 8.77. The van der Waals surface area contributed by atoms with Gasteiger partial charge in [0.05, 0.1) is 29.4 Å². The number of aryl methyl sites for hydroxylation is 1. The van der Waals surface area contributed by atoms with E-state index in [1.54, 1.807) is 7.11 Å². The van der Waals surface area contributed by atoms with Gasteiger partial charge in [0.15, 0.2) is 0 Å². The molecule has 1 atom stereocenters. The molecule has 2 aromatic heterocycles. The van der Waals surface area contributed by atoms with Gasteiger partial charge >= 0.3 is 0 Å². The Balaban J connectivity index is 1.55. The topological polar surface area (TPSA) is 59.4 Å². The quantitative estimate of drug-likeness (QED) is 0.467. The van der Waals surface area contributed by atoms with Gasteiger partial charge in [-0.25, -0.2) is 4.68 Å². The molecule has 0 bridgehead atoms. The summed E-state index contributed by atoms with van der Waals surface area (Å²) in [6.45, 7) is 2.47. The van der Waals surface area contributed by atoms with Crippen LogP contribution in [-0.2, 0) is 0 Å². The van der Waals surface area contributed by atoms with Gasteiger partial charge in [0.2, 0.25) is 0 Å². The molecule has 1 amide bonds. The van der Waals surface area contributed by atoms with E-state index in [0.717, 1.165) is 32.9 Å². The molecule has 0 radical (unpaired) electrons. The maximum absolute atomic E-state index is 13.0. The fourth-order valence-electron chi connectivity index (χ4n) is 3.63. The Morgan fingerprint density at radius 2 is 1.94 bits per heavy atom. The van der Waals surface area contributed by atoms with Gasteiger partial charge in [-0.05, 0) is 56.9 Å². The second-order valence-electron chi connectivity index (χ2n) is 7.63. The summed E-state index contributed by atoms with van der Waals surface area (Å²) in [5.74, 6) is 0.732. The molecule has 0 aliphatic heterocycles. The van der Waals surface area contributed by atoms with Crippen LogP contribution in [-0.4, -0.2) is 48.3 Å². The molecule has 1 unspecified atom stereocenters. The maximum atomic E-state index is 13.0. The average molecular weight is 435 g/mol. The highest BCUT2D eigenvalue weighted by molar-refractivity contribution is 7.20. The lowest BCUT2D eigenvalue weighted by Crippen LogP contribution is -2.34. The third-order valence-corrected chi connectivity index (χ3v) is 6.44. The van der Waals surface area contributed by atoms with Crippen molar-refractivity contribution in [3.8, 4) is 11.4 Å². The van der Waals surface area contributed by atoms with E-state index in [4.69, 9.17) is 4.74 Å². The first kappa shape index (κ1) is 21.1. The predicted octanol–water partition coefficient (Wildman–Crippen LogP) is 4.44. The van der Waals surface area contributed by atoms with Crippen molar-refractivity contribution in [1.82, 2.24) is 20.0 Å². The number of hydrogen-bond acceptors (Lipinski definition) is 5. The van der Waals surface area contributed by atoms with E-state index in [1.807, 2.05) is 80.3 Å². The third kappa shape index (κ3) is 4.33. The molecule has 1 N–H and O–H groups in total. The van der Waals surface area contributed by atoms with Crippen LogP contribution < -0.4 is 10.1 Å². The monoisotopic (exact) mass is 434 g/mol. The van der Waals surface area contributed by atoms with E-state index >= 15 is 0 Å². The predicted molar refractivity (Wildman–Crippen MR) is 125 cm³/mol. The molecule has 0 aliphatic rings. The van der Waals surface area contributed by atoms with Crippen LogP contribution in [0.2, 0.25) is 0 Å². The average Bonchev–Trinajstić information content (AvgIpc) is 3.35. The second kappa shape index (κ2) is 8.91. The first-order chi connectivity index (χ1) is 15.0. The summed E-state index contributed by atoms with van der Waals surface area (Å²) < 4.78 is 7.26. The molecule has 0 aliphatic carbocycles. The zero-order valence-corrected chi connectivity index (χ0v) is 18.9. The smallest absolute Gasteiger partial charge is 0.261 e. The molecule has 7 heteroatoms. The van der Waals surface area contributed by atoms with E-state index < -0.39 is 0 Å². The Kier molecular flexibility index (Phi) is 6.06. The van der Waals surface area contributed by atoms with E-state index in [2.05, 4.69) is 21.4 Å². The standard InChI is InChI=1S/C24H26N4O2S/c1-16-20-14-22(31-24(20)28(26-16)18-10-6-5-7-11-18)23(29)25-15-21(27(2)3)17-9-8-12-19(13-17)30-4/h5-14,21H,15H2,1-4H3,(H,25,29). The van der Waals surface area contributed by atoms with Crippen LogP contribution in [0.15, 0.2) is 60.7 Å². The molecule has 2 heterocycles. The molecule has 0 saturated carbocycles. The van der Waals surface area contributed by atoms with Crippen molar-refractivity contribution in [1.29, 1.82) is 0 Å². The Bertz CT molecular complexity index is 1200. The van der Waals surface area contributed by atoms with Crippen molar-refractivity contribution in [3.63, 3.8) is 0 Å². The highest BCUT2D eigenvalue weighted by Crippen LogP contribution is 2.30. The number of methoxy groups -OCH3 is 1. The number of fused-ring (bicyclic) bond motifs is 1. The number of hydrogen-bond donors (Lipinski definition) is 1. The highest BCUT2D eigenvalue weighted by atomic mass is 32.1. The lowest BCUT2D eigenvalue weighted by molar-refractivity contribution is 0.0946. The van der Waals surface area contributed by atoms with Crippen molar-refractivity contribution in [3.05, 3.63) is 76.8 Å². The molecule has 2 aromatic carbocycles. The molecule has 4 aromatic rings. The number of benzene rings is 2. The summed E-state index contributed by atoms with van der Waals surface area (Å²) in [5.41, 5.74) is 2.99. The zero-order chi connectivity index (χ0) is 22.0. The molecule has 31 heavy (non-hydrogen) atoms. The van der Waals surface area contributed by atoms with Gasteiger partial charge < -0.3 is 15.0 Å². The number of amides is 1. The second-order valence-corrected chi connectivity index (χ2v) is 8.66. The summed E-state index contributed by atoms with van der Waals surface area (Å²) >= 11 is 1.46. The van der Waals surface area contributed by atoms with Gasteiger partial charge in [0.25, 0.3) is 5.91 Å². The minimum atomic E-state index is -0.0741. The van der Waals surface area contributed by atoms with E-state index in [0.29, 0.717) is 11.4 Å². The molecule has 0 fully saturated rings. The molecular weight excluding hydrogens is 408 g/mol. The van der Waals surface area contributed by atoms with Crippen molar-refractivity contribution in [2.75, 3.05) is 27.7 Å². The number of para-hydroxylation sites is 1. The Labute approximate surface area is 186 Å². The van der Waals surface area contributed by atoms with Gasteiger partial charge in [0.1, 0.15) is 10.6 Å². The number of aromatic nitrogens is 2. The van der Waals surface area contributed by atoms with Crippen molar-refractivity contribution in [2.45, 2.75) is 13.0 Å². The van der Waals surface area contributed by atoms with Gasteiger partial charge in [-0.3, -0.25) is 4.79 Å². The fraction of sp³-hybridized carbons (Fsp3) is 0.250. The van der Waals surface area contributed by atoms with Crippen LogP contribution in [0.5, 0.6) is 5.75 Å². The van der Waals surface area contributed by atoms with Crippen LogP contribution in [0, 0.1) is 6.92 Å². The lowest BCUT2D eigenvalue weighted by Gasteiger charge is -2.25. The molecule has 0 spiro atoms. The molecule has 160 valence electrons. The number of rotatable bonds is 7. The van der Waals surface area contributed by atoms with E-state index in [-0.39, 0.29) is 11.9 Å². The minimum Gasteiger partial charge on any atom is -0.497 e. The number of nitrogens with one attached hydrogen (secondary N) is 1. The van der Waals surface area contributed by atoms with Gasteiger partial charge in [-0.15, -0.1) is 11.3 Å². The minimum absolute atomic E-state index is 0.0370. The molecule has 4 rings (SSSR count). The normalized spacial score (nSPS) is 12.3. The van der Waals surface area contributed by atoms with Crippen molar-refractivity contribution in [2.24, 2.45) is 0 Å². The Morgan fingerprint density at radius 3 is 2.65 bits per heavy atom. The SMILES string of the molecule is COc1cccc(C(CNC(=O)c2cc3c(C)nn(-c4ccccc4)c3s2)N(C)C)c1. The number of carbonyl (C=O) groups is 1. The van der Waals surface area contributed by atoms with Crippen molar-refractivity contribution < 1.29 is 9.53 Å². The number of nitrogens with zero attached hydrogens (tertiary/aromatic N) is 3. The van der Waals surface area contributed by atoms with Gasteiger partial charge in [0, 0.05) is 11.9 Å². The summed E-state index contributed by atoms with van der Waals surface area (Å²) in [7, 11) is 5.67. The number of ether oxygens (including phenoxy) is 1. The Morgan fingerprint density at radius 1 is 1.16 bits per heavy atom. The highest BCUT2D eigenvalue weighted by Gasteiger charge is 2.20. The molecular formula is C24H26N4O2S. The van der Waals surface area contributed by atoms with Gasteiger partial charge in [-0.1, -0.05) is 30.3 Å². The van der Waals surface area contributed by atoms with Crippen LogP contribution in [0.25, 0.3) is 15.9 Å². The van der Waals surface area contributed by atoms with Crippen molar-refractivity contribution >= 4 is 27.5 Å². The first-order valence-corrected chi connectivity index (χ1v) is 10.9. The Hall–Kier alpha value is -3.16. The largest absolute Gasteiger partial charge is 0.497 e. The van der Waals surface area contributed by atoms with Crippen LogP contribution >= 0.6 is 11.3 Å². The lowest BCUT2D eigenvalue weighted by atomic mass is 10.1. The number of carbonyl (C=O) groups excluding carboxylic acids is 1. The van der Waals surface area contributed by atoms with Gasteiger partial charge in [-0.2, -0.15) is 5.10 Å². The van der Waals surface area contributed by atoms with E-state index in [9.17, 15) is 4.79 Å².